The van der Waals surface area contributed by atoms with Crippen molar-refractivity contribution >= 4 is 23.7 Å². The summed E-state index contributed by atoms with van der Waals surface area (Å²) in [7, 11) is 0. The summed E-state index contributed by atoms with van der Waals surface area (Å²) in [5.41, 5.74) is 5.14. The van der Waals surface area contributed by atoms with Crippen LogP contribution in [-0.4, -0.2) is 21.8 Å². The third-order valence-corrected chi connectivity index (χ3v) is 5.21. The molecule has 0 heterocycles. The summed E-state index contributed by atoms with van der Waals surface area (Å²) in [6.07, 6.45) is 11.0. The maximum absolute atomic E-state index is 11.0. The van der Waals surface area contributed by atoms with Gasteiger partial charge in [0.2, 0.25) is 0 Å². The van der Waals surface area contributed by atoms with E-state index in [1.165, 1.54) is 11.1 Å². The Labute approximate surface area is 172 Å². The summed E-state index contributed by atoms with van der Waals surface area (Å²) in [4.78, 5) is 11.0. The average Bonchev–Trinajstić information content (AvgIpc) is 2.65. The minimum absolute atomic E-state index is 0.0658. The summed E-state index contributed by atoms with van der Waals surface area (Å²) < 4.78 is 0. The smallest absolute Gasteiger partial charge is 0.335 e. The molecule has 2 aromatic rings. The van der Waals surface area contributed by atoms with Crippen molar-refractivity contribution in [2.24, 2.45) is 0 Å². The van der Waals surface area contributed by atoms with E-state index in [2.05, 4.69) is 38.1 Å². The second kappa shape index (κ2) is 7.84. The number of hydrogen-bond acceptors (Lipinski definition) is 2. The summed E-state index contributed by atoms with van der Waals surface area (Å²) in [5, 5.41) is 19.1. The number of fused-ring (bicyclic) bond motifs is 1. The van der Waals surface area contributed by atoms with Gasteiger partial charge in [-0.2, -0.15) is 0 Å². The van der Waals surface area contributed by atoms with Crippen LogP contribution >= 0.6 is 0 Å². The van der Waals surface area contributed by atoms with Crippen LogP contribution < -0.4 is 0 Å². The molecule has 0 saturated carbocycles. The number of benzene rings is 2. The molecule has 0 radical (unpaired) electrons. The van der Waals surface area contributed by atoms with Gasteiger partial charge >= 0.3 is 5.97 Å². The third kappa shape index (κ3) is 5.12. The highest BCUT2D eigenvalue weighted by Gasteiger charge is 2.27. The standard InChI is InChI=1S/C26H28O3/c1-25(2)15-13-20(14-16-26(3,4)29)22-17-19(9-12-23(22)25)6-5-18-7-10-21(11-8-18)24(27)28/h5-14,16-17,29H,15H2,1-4H3,(H,27,28)/b6-5+,16-14-. The molecule has 0 fully saturated rings. The zero-order valence-corrected chi connectivity index (χ0v) is 17.4. The van der Waals surface area contributed by atoms with Crippen LogP contribution in [0.4, 0.5) is 0 Å². The molecule has 1 aliphatic rings. The van der Waals surface area contributed by atoms with Gasteiger partial charge in [-0.05, 0) is 71.7 Å². The molecule has 3 heteroatoms. The van der Waals surface area contributed by atoms with Crippen LogP contribution in [0.5, 0.6) is 0 Å². The molecule has 0 saturated heterocycles. The van der Waals surface area contributed by atoms with Crippen LogP contribution in [0, 0.1) is 0 Å². The van der Waals surface area contributed by atoms with Crippen LogP contribution in [0.1, 0.15) is 66.7 Å². The highest BCUT2D eigenvalue weighted by Crippen LogP contribution is 2.40. The molecule has 2 N–H and O–H groups in total. The van der Waals surface area contributed by atoms with E-state index in [0.29, 0.717) is 0 Å². The van der Waals surface area contributed by atoms with Crippen LogP contribution in [0.25, 0.3) is 17.7 Å². The zero-order chi connectivity index (χ0) is 21.2. The highest BCUT2D eigenvalue weighted by molar-refractivity contribution is 5.88. The molecular weight excluding hydrogens is 360 g/mol. The number of carbonyl (C=O) groups is 1. The topological polar surface area (TPSA) is 57.5 Å². The summed E-state index contributed by atoms with van der Waals surface area (Å²) >= 11 is 0. The first-order valence-electron chi connectivity index (χ1n) is 9.83. The highest BCUT2D eigenvalue weighted by atomic mass is 16.4. The number of rotatable bonds is 5. The molecule has 2 aromatic carbocycles. The first-order valence-corrected chi connectivity index (χ1v) is 9.83. The second-order valence-corrected chi connectivity index (χ2v) is 8.80. The van der Waals surface area contributed by atoms with Crippen LogP contribution in [0.2, 0.25) is 0 Å². The van der Waals surface area contributed by atoms with Crippen molar-refractivity contribution in [1.29, 1.82) is 0 Å². The number of allylic oxidation sites excluding steroid dienone is 3. The van der Waals surface area contributed by atoms with Crippen molar-refractivity contribution in [2.45, 2.75) is 45.1 Å². The van der Waals surface area contributed by atoms with E-state index in [4.69, 9.17) is 5.11 Å². The van der Waals surface area contributed by atoms with Crippen molar-refractivity contribution in [3.8, 4) is 0 Å². The quantitative estimate of drug-likeness (QED) is 0.623. The number of hydrogen-bond donors (Lipinski definition) is 2. The summed E-state index contributed by atoms with van der Waals surface area (Å²) in [6.45, 7) is 8.04. The SMILES string of the molecule is CC(C)(O)/C=C\C1=CCC(C)(C)c2ccc(/C=C/c3ccc(C(=O)O)cc3)cc21. The van der Waals surface area contributed by atoms with Gasteiger partial charge in [-0.1, -0.05) is 68.5 Å². The van der Waals surface area contributed by atoms with Gasteiger partial charge in [-0.25, -0.2) is 4.79 Å². The lowest BCUT2D eigenvalue weighted by molar-refractivity contribution is 0.0697. The molecular formula is C26H28O3. The number of carboxylic acid groups (broad SMARTS) is 1. The lowest BCUT2D eigenvalue weighted by atomic mass is 9.73. The van der Waals surface area contributed by atoms with Crippen molar-refractivity contribution < 1.29 is 15.0 Å². The lowest BCUT2D eigenvalue weighted by Crippen LogP contribution is -2.21. The fourth-order valence-electron chi connectivity index (χ4n) is 3.46. The lowest BCUT2D eigenvalue weighted by Gasteiger charge is -2.32. The van der Waals surface area contributed by atoms with Gasteiger partial charge in [0.25, 0.3) is 0 Å². The molecule has 0 amide bonds. The molecule has 3 rings (SSSR count). The maximum Gasteiger partial charge on any atom is 0.335 e. The van der Waals surface area contributed by atoms with Gasteiger partial charge in [-0.3, -0.25) is 0 Å². The largest absolute Gasteiger partial charge is 0.478 e. The second-order valence-electron chi connectivity index (χ2n) is 8.80. The van der Waals surface area contributed by atoms with E-state index < -0.39 is 11.6 Å². The number of aromatic carboxylic acids is 1. The molecule has 0 unspecified atom stereocenters. The Morgan fingerprint density at radius 2 is 1.62 bits per heavy atom. The van der Waals surface area contributed by atoms with Crippen molar-refractivity contribution in [1.82, 2.24) is 0 Å². The Morgan fingerprint density at radius 1 is 1.00 bits per heavy atom. The van der Waals surface area contributed by atoms with Gasteiger partial charge in [0, 0.05) is 0 Å². The molecule has 1 aliphatic carbocycles. The van der Waals surface area contributed by atoms with Crippen LogP contribution in [0.15, 0.2) is 60.7 Å². The first-order chi connectivity index (χ1) is 13.5. The van der Waals surface area contributed by atoms with Gasteiger partial charge in [0.15, 0.2) is 0 Å². The summed E-state index contributed by atoms with van der Waals surface area (Å²) in [5.74, 6) is -0.920. The maximum atomic E-state index is 11.0. The van der Waals surface area contributed by atoms with Crippen molar-refractivity contribution in [3.63, 3.8) is 0 Å². The van der Waals surface area contributed by atoms with E-state index in [0.717, 1.165) is 23.1 Å². The molecule has 3 nitrogen and oxygen atoms in total. The summed E-state index contributed by atoms with van der Waals surface area (Å²) in [6, 6.07) is 13.3. The minimum Gasteiger partial charge on any atom is -0.478 e. The van der Waals surface area contributed by atoms with Crippen molar-refractivity contribution in [2.75, 3.05) is 0 Å². The Kier molecular flexibility index (Phi) is 5.63. The predicted octanol–water partition coefficient (Wildman–Crippen LogP) is 5.95. The molecule has 0 aromatic heterocycles. The molecule has 0 bridgehead atoms. The zero-order valence-electron chi connectivity index (χ0n) is 17.4. The Morgan fingerprint density at radius 3 is 2.24 bits per heavy atom. The average molecular weight is 389 g/mol. The van der Waals surface area contributed by atoms with Crippen LogP contribution in [0.3, 0.4) is 0 Å². The van der Waals surface area contributed by atoms with Gasteiger partial charge in [0.1, 0.15) is 0 Å². The molecule has 0 aliphatic heterocycles. The number of aliphatic hydroxyl groups is 1. The van der Waals surface area contributed by atoms with E-state index in [1.54, 1.807) is 38.1 Å². The Bertz CT molecular complexity index is 997. The normalized spacial score (nSPS) is 16.1. The molecule has 0 spiro atoms. The van der Waals surface area contributed by atoms with Crippen molar-refractivity contribution in [3.05, 3.63) is 88.5 Å². The van der Waals surface area contributed by atoms with Crippen LogP contribution in [-0.2, 0) is 5.41 Å². The monoisotopic (exact) mass is 388 g/mol. The van der Waals surface area contributed by atoms with Gasteiger partial charge in [-0.15, -0.1) is 0 Å². The van der Waals surface area contributed by atoms with Gasteiger partial charge in [0.05, 0.1) is 11.2 Å². The molecule has 150 valence electrons. The predicted molar refractivity (Wildman–Crippen MR) is 120 cm³/mol. The third-order valence-electron chi connectivity index (χ3n) is 5.21. The minimum atomic E-state index is -0.920. The van der Waals surface area contributed by atoms with E-state index in [9.17, 15) is 9.90 Å². The molecule has 0 atom stereocenters. The van der Waals surface area contributed by atoms with E-state index in [1.807, 2.05) is 24.3 Å². The fourth-order valence-corrected chi connectivity index (χ4v) is 3.46. The number of carboxylic acids is 1. The Balaban J connectivity index is 1.92. The van der Waals surface area contributed by atoms with E-state index in [-0.39, 0.29) is 11.0 Å². The fraction of sp³-hybridized carbons (Fsp3) is 0.269. The van der Waals surface area contributed by atoms with E-state index >= 15 is 0 Å². The Hall–Kier alpha value is -2.91. The van der Waals surface area contributed by atoms with Gasteiger partial charge < -0.3 is 10.2 Å². The molecule has 29 heavy (non-hydrogen) atoms. The first kappa shape index (κ1) is 20.8.